The third-order valence-corrected chi connectivity index (χ3v) is 3.96. The molecule has 0 fully saturated rings. The molecule has 5 heteroatoms. The average Bonchev–Trinajstić information content (AvgIpc) is 2.66. The lowest BCUT2D eigenvalue weighted by molar-refractivity contribution is -0.128. The Bertz CT molecular complexity index is 687. The van der Waals surface area contributed by atoms with E-state index in [-0.39, 0.29) is 11.9 Å². The van der Waals surface area contributed by atoms with Crippen LogP contribution in [0, 0.1) is 0 Å². The fourth-order valence-corrected chi connectivity index (χ4v) is 2.54. The number of rotatable bonds is 8. The van der Waals surface area contributed by atoms with Crippen molar-refractivity contribution < 1.29 is 19.0 Å². The van der Waals surface area contributed by atoms with E-state index >= 15 is 0 Å². The Kier molecular flexibility index (Phi) is 6.69. The molecule has 134 valence electrons. The van der Waals surface area contributed by atoms with Crippen LogP contribution in [0.5, 0.6) is 17.2 Å². The molecule has 1 amide bonds. The molecule has 0 unspecified atom stereocenters. The van der Waals surface area contributed by atoms with Crippen LogP contribution in [-0.4, -0.2) is 26.2 Å². The van der Waals surface area contributed by atoms with Gasteiger partial charge in [0.15, 0.2) is 17.6 Å². The molecule has 25 heavy (non-hydrogen) atoms. The Morgan fingerprint density at radius 3 is 2.32 bits per heavy atom. The van der Waals surface area contributed by atoms with Crippen LogP contribution in [0.1, 0.15) is 31.9 Å². The molecular weight excluding hydrogens is 318 g/mol. The SMILES string of the molecule is CC[C@H](NC(=O)[C@@H](C)Oc1ccccc1)c1ccc(OC)c(OC)c1. The van der Waals surface area contributed by atoms with Gasteiger partial charge in [0.25, 0.3) is 5.91 Å². The number of benzene rings is 2. The average molecular weight is 343 g/mol. The number of ether oxygens (including phenoxy) is 3. The van der Waals surface area contributed by atoms with Gasteiger partial charge in [0, 0.05) is 0 Å². The Labute approximate surface area is 148 Å². The first-order valence-corrected chi connectivity index (χ1v) is 8.33. The maximum Gasteiger partial charge on any atom is 0.261 e. The third kappa shape index (κ3) is 4.89. The zero-order valence-corrected chi connectivity index (χ0v) is 15.1. The summed E-state index contributed by atoms with van der Waals surface area (Å²) >= 11 is 0. The smallest absolute Gasteiger partial charge is 0.261 e. The number of hydrogen-bond acceptors (Lipinski definition) is 4. The minimum Gasteiger partial charge on any atom is -0.493 e. The van der Waals surface area contributed by atoms with Crippen molar-refractivity contribution in [1.29, 1.82) is 0 Å². The van der Waals surface area contributed by atoms with Crippen LogP contribution in [0.25, 0.3) is 0 Å². The van der Waals surface area contributed by atoms with Crippen molar-refractivity contribution in [1.82, 2.24) is 5.32 Å². The highest BCUT2D eigenvalue weighted by Crippen LogP contribution is 2.30. The van der Waals surface area contributed by atoms with Gasteiger partial charge >= 0.3 is 0 Å². The summed E-state index contributed by atoms with van der Waals surface area (Å²) in [5.41, 5.74) is 0.959. The van der Waals surface area contributed by atoms with E-state index in [4.69, 9.17) is 14.2 Å². The Hall–Kier alpha value is -2.69. The first-order valence-electron chi connectivity index (χ1n) is 8.33. The minimum absolute atomic E-state index is 0.130. The predicted octanol–water partition coefficient (Wildman–Crippen LogP) is 3.74. The molecule has 0 saturated carbocycles. The highest BCUT2D eigenvalue weighted by Gasteiger charge is 2.20. The quantitative estimate of drug-likeness (QED) is 0.793. The molecule has 2 aromatic carbocycles. The number of methoxy groups -OCH3 is 2. The van der Waals surface area contributed by atoms with Crippen molar-refractivity contribution in [2.45, 2.75) is 32.4 Å². The largest absolute Gasteiger partial charge is 0.493 e. The number of amides is 1. The van der Waals surface area contributed by atoms with Gasteiger partial charge in [0.1, 0.15) is 5.75 Å². The molecule has 5 nitrogen and oxygen atoms in total. The number of hydrogen-bond donors (Lipinski definition) is 1. The molecule has 1 N–H and O–H groups in total. The number of carbonyl (C=O) groups is 1. The lowest BCUT2D eigenvalue weighted by Crippen LogP contribution is -2.38. The van der Waals surface area contributed by atoms with E-state index in [1.54, 1.807) is 21.1 Å². The van der Waals surface area contributed by atoms with Gasteiger partial charge in [-0.1, -0.05) is 31.2 Å². The number of nitrogens with one attached hydrogen (secondary N) is 1. The zero-order chi connectivity index (χ0) is 18.2. The molecular formula is C20H25NO4. The Balaban J connectivity index is 2.06. The van der Waals surface area contributed by atoms with E-state index in [1.807, 2.05) is 55.5 Å². The Morgan fingerprint density at radius 1 is 1.04 bits per heavy atom. The van der Waals surface area contributed by atoms with E-state index in [9.17, 15) is 4.79 Å². The fourth-order valence-electron chi connectivity index (χ4n) is 2.54. The van der Waals surface area contributed by atoms with Crippen LogP contribution in [-0.2, 0) is 4.79 Å². The summed E-state index contributed by atoms with van der Waals surface area (Å²) in [6.07, 6.45) is 0.163. The fraction of sp³-hybridized carbons (Fsp3) is 0.350. The summed E-state index contributed by atoms with van der Waals surface area (Å²) in [4.78, 5) is 12.5. The van der Waals surface area contributed by atoms with Gasteiger partial charge in [-0.05, 0) is 43.2 Å². The molecule has 2 rings (SSSR count). The number of carbonyl (C=O) groups excluding carboxylic acids is 1. The molecule has 0 aliphatic rings. The second-order valence-electron chi connectivity index (χ2n) is 5.66. The van der Waals surface area contributed by atoms with Gasteiger partial charge < -0.3 is 19.5 Å². The van der Waals surface area contributed by atoms with Gasteiger partial charge in [0.2, 0.25) is 0 Å². The number of para-hydroxylation sites is 1. The Morgan fingerprint density at radius 2 is 1.72 bits per heavy atom. The summed E-state index contributed by atoms with van der Waals surface area (Å²) in [5.74, 6) is 1.81. The molecule has 0 aromatic heterocycles. The molecule has 0 bridgehead atoms. The third-order valence-electron chi connectivity index (χ3n) is 3.96. The van der Waals surface area contributed by atoms with Gasteiger partial charge in [-0.2, -0.15) is 0 Å². The van der Waals surface area contributed by atoms with E-state index in [0.29, 0.717) is 17.2 Å². The monoisotopic (exact) mass is 343 g/mol. The van der Waals surface area contributed by atoms with Crippen molar-refractivity contribution >= 4 is 5.91 Å². The molecule has 0 saturated heterocycles. The zero-order valence-electron chi connectivity index (χ0n) is 15.1. The van der Waals surface area contributed by atoms with Crippen LogP contribution >= 0.6 is 0 Å². The van der Waals surface area contributed by atoms with Crippen LogP contribution in [0.4, 0.5) is 0 Å². The first-order chi connectivity index (χ1) is 12.1. The van der Waals surface area contributed by atoms with E-state index in [0.717, 1.165) is 12.0 Å². The minimum atomic E-state index is -0.586. The highest BCUT2D eigenvalue weighted by atomic mass is 16.5. The van der Waals surface area contributed by atoms with Crippen LogP contribution in [0.2, 0.25) is 0 Å². The molecule has 0 aliphatic carbocycles. The summed E-state index contributed by atoms with van der Waals surface area (Å²) in [6, 6.07) is 14.8. The van der Waals surface area contributed by atoms with Crippen molar-refractivity contribution in [3.05, 3.63) is 54.1 Å². The maximum absolute atomic E-state index is 12.5. The molecule has 0 heterocycles. The molecule has 2 atom stereocenters. The van der Waals surface area contributed by atoms with Crippen LogP contribution < -0.4 is 19.5 Å². The standard InChI is InChI=1S/C20H25NO4/c1-5-17(15-11-12-18(23-3)19(13-15)24-4)21-20(22)14(2)25-16-9-7-6-8-10-16/h6-14,17H,5H2,1-4H3,(H,21,22)/t14-,17+/m1/s1. The lowest BCUT2D eigenvalue weighted by Gasteiger charge is -2.22. The first kappa shape index (κ1) is 18.6. The second kappa shape index (κ2) is 8.97. The van der Waals surface area contributed by atoms with Gasteiger partial charge in [-0.15, -0.1) is 0 Å². The topological polar surface area (TPSA) is 56.8 Å². The van der Waals surface area contributed by atoms with Gasteiger partial charge in [-0.3, -0.25) is 4.79 Å². The van der Waals surface area contributed by atoms with Crippen molar-refractivity contribution in [2.75, 3.05) is 14.2 Å². The van der Waals surface area contributed by atoms with Crippen molar-refractivity contribution in [3.63, 3.8) is 0 Å². The highest BCUT2D eigenvalue weighted by molar-refractivity contribution is 5.81. The van der Waals surface area contributed by atoms with Crippen LogP contribution in [0.3, 0.4) is 0 Å². The van der Waals surface area contributed by atoms with Crippen molar-refractivity contribution in [2.24, 2.45) is 0 Å². The van der Waals surface area contributed by atoms with E-state index < -0.39 is 6.10 Å². The molecule has 0 aliphatic heterocycles. The summed E-state index contributed by atoms with van der Waals surface area (Å²) in [6.45, 7) is 3.76. The summed E-state index contributed by atoms with van der Waals surface area (Å²) < 4.78 is 16.3. The lowest BCUT2D eigenvalue weighted by atomic mass is 10.0. The van der Waals surface area contributed by atoms with Crippen LogP contribution in [0.15, 0.2) is 48.5 Å². The molecule has 0 radical (unpaired) electrons. The van der Waals surface area contributed by atoms with Crippen molar-refractivity contribution in [3.8, 4) is 17.2 Å². The summed E-state index contributed by atoms with van der Waals surface area (Å²) in [7, 11) is 3.19. The van der Waals surface area contributed by atoms with E-state index in [2.05, 4.69) is 5.32 Å². The van der Waals surface area contributed by atoms with Gasteiger partial charge in [-0.25, -0.2) is 0 Å². The van der Waals surface area contributed by atoms with Gasteiger partial charge in [0.05, 0.1) is 20.3 Å². The molecule has 0 spiro atoms. The predicted molar refractivity (Wildman–Crippen MR) is 97.3 cm³/mol. The molecule has 2 aromatic rings. The second-order valence-corrected chi connectivity index (χ2v) is 5.66. The van der Waals surface area contributed by atoms with E-state index in [1.165, 1.54) is 0 Å². The maximum atomic E-state index is 12.5. The normalized spacial score (nSPS) is 12.8. The summed E-state index contributed by atoms with van der Waals surface area (Å²) in [5, 5.41) is 3.03.